The minimum Gasteiger partial charge on any atom is -0.378 e. The molecule has 0 unspecified atom stereocenters. The summed E-state index contributed by atoms with van der Waals surface area (Å²) in [5.41, 5.74) is 1.07. The average molecular weight is 474 g/mol. The van der Waals surface area contributed by atoms with E-state index < -0.39 is 0 Å². The van der Waals surface area contributed by atoms with Gasteiger partial charge in [0, 0.05) is 63.4 Å². The van der Waals surface area contributed by atoms with E-state index >= 15 is 0 Å². The van der Waals surface area contributed by atoms with E-state index in [4.69, 9.17) is 4.74 Å². The number of morpholine rings is 1. The summed E-state index contributed by atoms with van der Waals surface area (Å²) in [6.45, 7) is 6.82. The number of amides is 2. The molecule has 3 aliphatic rings. The number of nitrogens with zero attached hydrogens (tertiary/aromatic N) is 4. The third-order valence-corrected chi connectivity index (χ3v) is 7.59. The number of H-pyrrole nitrogens is 1. The van der Waals surface area contributed by atoms with Crippen molar-refractivity contribution in [3.05, 3.63) is 21.6 Å². The molecule has 0 radical (unpaired) electrons. The first-order valence-corrected chi connectivity index (χ1v) is 13.0. The molecule has 34 heavy (non-hydrogen) atoms. The van der Waals surface area contributed by atoms with Crippen LogP contribution in [0.5, 0.6) is 0 Å². The first-order chi connectivity index (χ1) is 16.5. The highest BCUT2D eigenvalue weighted by Crippen LogP contribution is 2.27. The summed E-state index contributed by atoms with van der Waals surface area (Å²) >= 11 is 0. The van der Waals surface area contributed by atoms with Crippen LogP contribution >= 0.6 is 0 Å². The maximum atomic E-state index is 12.8. The van der Waals surface area contributed by atoms with Crippen LogP contribution in [-0.2, 0) is 20.7 Å². The van der Waals surface area contributed by atoms with Gasteiger partial charge in [-0.3, -0.25) is 19.4 Å². The van der Waals surface area contributed by atoms with Crippen LogP contribution in [0.3, 0.4) is 0 Å². The van der Waals surface area contributed by atoms with Crippen molar-refractivity contribution in [3.8, 4) is 0 Å². The third kappa shape index (κ3) is 6.37. The SMILES string of the molecule is Cc1nc(N2CCOCC2)[nH]c(=O)c1CCC(=O)N1CCN(C(=O)CCC2CCCCC2)CC1. The molecule has 3 fully saturated rings. The Bertz CT molecular complexity index is 897. The van der Waals surface area contributed by atoms with Crippen molar-refractivity contribution in [1.82, 2.24) is 19.8 Å². The molecule has 1 aromatic heterocycles. The molecule has 0 spiro atoms. The molecule has 4 rings (SSSR count). The molecule has 1 aliphatic carbocycles. The Hall–Kier alpha value is -2.42. The molecule has 1 N–H and O–H groups in total. The quantitative estimate of drug-likeness (QED) is 0.649. The van der Waals surface area contributed by atoms with Crippen LogP contribution in [-0.4, -0.2) is 84.1 Å². The lowest BCUT2D eigenvalue weighted by Gasteiger charge is -2.35. The lowest BCUT2D eigenvalue weighted by Crippen LogP contribution is -2.50. The van der Waals surface area contributed by atoms with Gasteiger partial charge in [0.25, 0.3) is 5.56 Å². The largest absolute Gasteiger partial charge is 0.378 e. The fourth-order valence-electron chi connectivity index (χ4n) is 5.37. The molecule has 0 bridgehead atoms. The number of rotatable bonds is 7. The molecule has 2 aliphatic heterocycles. The molecule has 3 heterocycles. The number of aryl methyl sites for hydroxylation is 1. The Morgan fingerprint density at radius 2 is 1.56 bits per heavy atom. The Balaban J connectivity index is 1.22. The molecule has 2 saturated heterocycles. The number of aromatic nitrogens is 2. The van der Waals surface area contributed by atoms with Crippen LogP contribution in [0, 0.1) is 12.8 Å². The molecule has 0 aromatic carbocycles. The highest BCUT2D eigenvalue weighted by Gasteiger charge is 2.25. The molecule has 9 heteroatoms. The third-order valence-electron chi connectivity index (χ3n) is 7.59. The summed E-state index contributed by atoms with van der Waals surface area (Å²) in [6.07, 6.45) is 8.77. The van der Waals surface area contributed by atoms with Crippen molar-refractivity contribution < 1.29 is 14.3 Å². The van der Waals surface area contributed by atoms with Crippen molar-refractivity contribution in [2.75, 3.05) is 57.4 Å². The van der Waals surface area contributed by atoms with Crippen LogP contribution in [0.1, 0.15) is 62.6 Å². The smallest absolute Gasteiger partial charge is 0.255 e. The number of carbonyl (C=O) groups is 2. The van der Waals surface area contributed by atoms with E-state index in [1.54, 1.807) is 0 Å². The first-order valence-electron chi connectivity index (χ1n) is 13.0. The summed E-state index contributed by atoms with van der Waals surface area (Å²) in [7, 11) is 0. The zero-order valence-corrected chi connectivity index (χ0v) is 20.5. The lowest BCUT2D eigenvalue weighted by atomic mass is 9.86. The first kappa shape index (κ1) is 24.7. The van der Waals surface area contributed by atoms with Gasteiger partial charge in [0.15, 0.2) is 0 Å². The number of piperazine rings is 1. The number of ether oxygens (including phenoxy) is 1. The number of carbonyl (C=O) groups excluding carboxylic acids is 2. The second-order valence-corrected chi connectivity index (χ2v) is 9.86. The topological polar surface area (TPSA) is 98.8 Å². The van der Waals surface area contributed by atoms with Gasteiger partial charge < -0.3 is 19.4 Å². The maximum absolute atomic E-state index is 12.8. The zero-order chi connectivity index (χ0) is 23.9. The minimum absolute atomic E-state index is 0.0327. The van der Waals surface area contributed by atoms with E-state index in [0.29, 0.717) is 88.4 Å². The Morgan fingerprint density at radius 3 is 2.18 bits per heavy atom. The molecular weight excluding hydrogens is 434 g/mol. The highest BCUT2D eigenvalue weighted by molar-refractivity contribution is 5.78. The lowest BCUT2D eigenvalue weighted by molar-refractivity contribution is -0.139. The van der Waals surface area contributed by atoms with Gasteiger partial charge in [-0.2, -0.15) is 0 Å². The van der Waals surface area contributed by atoms with E-state index in [1.807, 2.05) is 21.6 Å². The van der Waals surface area contributed by atoms with E-state index in [9.17, 15) is 14.4 Å². The van der Waals surface area contributed by atoms with Gasteiger partial charge in [-0.15, -0.1) is 0 Å². The van der Waals surface area contributed by atoms with Crippen LogP contribution in [0.15, 0.2) is 4.79 Å². The second kappa shape index (κ2) is 11.8. The molecule has 1 saturated carbocycles. The molecule has 188 valence electrons. The van der Waals surface area contributed by atoms with Crippen molar-refractivity contribution in [2.45, 2.75) is 64.7 Å². The normalized spacial score (nSPS) is 20.0. The van der Waals surface area contributed by atoms with E-state index in [1.165, 1.54) is 32.1 Å². The van der Waals surface area contributed by atoms with Crippen molar-refractivity contribution in [3.63, 3.8) is 0 Å². The predicted molar refractivity (Wildman–Crippen MR) is 130 cm³/mol. The van der Waals surface area contributed by atoms with Crippen LogP contribution in [0.2, 0.25) is 0 Å². The summed E-state index contributed by atoms with van der Waals surface area (Å²) in [4.78, 5) is 51.3. The van der Waals surface area contributed by atoms with Crippen molar-refractivity contribution in [2.24, 2.45) is 5.92 Å². The van der Waals surface area contributed by atoms with Crippen LogP contribution in [0.25, 0.3) is 0 Å². The number of nitrogens with one attached hydrogen (secondary N) is 1. The van der Waals surface area contributed by atoms with E-state index in [-0.39, 0.29) is 23.8 Å². The number of hydrogen-bond donors (Lipinski definition) is 1. The number of aromatic amines is 1. The Kier molecular flexibility index (Phi) is 8.59. The van der Waals surface area contributed by atoms with Gasteiger partial charge in [0.2, 0.25) is 17.8 Å². The fraction of sp³-hybridized carbons (Fsp3) is 0.760. The van der Waals surface area contributed by atoms with Crippen molar-refractivity contribution in [1.29, 1.82) is 0 Å². The average Bonchev–Trinajstić information content (AvgIpc) is 2.87. The molecule has 0 atom stereocenters. The van der Waals surface area contributed by atoms with Gasteiger partial charge in [0.1, 0.15) is 0 Å². The fourth-order valence-corrected chi connectivity index (χ4v) is 5.37. The Labute approximate surface area is 201 Å². The molecule has 2 amide bonds. The van der Waals surface area contributed by atoms with Gasteiger partial charge >= 0.3 is 0 Å². The maximum Gasteiger partial charge on any atom is 0.255 e. The Morgan fingerprint density at radius 1 is 0.941 bits per heavy atom. The number of hydrogen-bond acceptors (Lipinski definition) is 6. The van der Waals surface area contributed by atoms with Gasteiger partial charge in [-0.05, 0) is 25.7 Å². The monoisotopic (exact) mass is 473 g/mol. The van der Waals surface area contributed by atoms with E-state index in [2.05, 4.69) is 9.97 Å². The van der Waals surface area contributed by atoms with Gasteiger partial charge in [-0.25, -0.2) is 4.98 Å². The van der Waals surface area contributed by atoms with Crippen LogP contribution < -0.4 is 10.5 Å². The summed E-state index contributed by atoms with van der Waals surface area (Å²) < 4.78 is 5.36. The summed E-state index contributed by atoms with van der Waals surface area (Å²) in [6, 6.07) is 0. The summed E-state index contributed by atoms with van der Waals surface area (Å²) in [5, 5.41) is 0. The van der Waals surface area contributed by atoms with Gasteiger partial charge in [0.05, 0.1) is 13.2 Å². The molecule has 9 nitrogen and oxygen atoms in total. The zero-order valence-electron chi connectivity index (χ0n) is 20.5. The van der Waals surface area contributed by atoms with Gasteiger partial charge in [-0.1, -0.05) is 32.1 Å². The standard InChI is InChI=1S/C25H39N5O4/c1-19-21(24(33)27-25(26-19)30-15-17-34-18-16-30)8-10-23(32)29-13-11-28(12-14-29)22(31)9-7-20-5-3-2-4-6-20/h20H,2-18H2,1H3,(H,26,27,33). The van der Waals surface area contributed by atoms with E-state index in [0.717, 1.165) is 6.42 Å². The number of anilines is 1. The van der Waals surface area contributed by atoms with Crippen LogP contribution in [0.4, 0.5) is 5.95 Å². The predicted octanol–water partition coefficient (Wildman–Crippen LogP) is 1.88. The summed E-state index contributed by atoms with van der Waals surface area (Å²) in [5.74, 6) is 1.55. The van der Waals surface area contributed by atoms with Crippen molar-refractivity contribution >= 4 is 17.8 Å². The molecular formula is C25H39N5O4. The highest BCUT2D eigenvalue weighted by atomic mass is 16.5. The second-order valence-electron chi connectivity index (χ2n) is 9.86. The minimum atomic E-state index is -0.171. The molecule has 1 aromatic rings.